The number of carbonyl (C=O) groups excluding carboxylic acids is 1. The number of carboxylic acid groups (broad SMARTS) is 1. The second-order valence-corrected chi connectivity index (χ2v) is 4.21. The maximum Gasteiger partial charge on any atom is 0.168 e. The summed E-state index contributed by atoms with van der Waals surface area (Å²) in [6.07, 6.45) is 7.41. The van der Waals surface area contributed by atoms with Crippen LogP contribution in [0.2, 0.25) is 0 Å². The van der Waals surface area contributed by atoms with E-state index in [0.717, 1.165) is 6.54 Å². The van der Waals surface area contributed by atoms with Gasteiger partial charge in [-0.05, 0) is 18.4 Å². The lowest BCUT2D eigenvalue weighted by atomic mass is 10.4. The topological polar surface area (TPSA) is 44.0 Å². The van der Waals surface area contributed by atoms with Gasteiger partial charge in [0.2, 0.25) is 0 Å². The van der Waals surface area contributed by atoms with E-state index in [1.807, 2.05) is 12.3 Å². The normalized spacial score (nSPS) is 9.12. The Labute approximate surface area is 102 Å². The van der Waals surface area contributed by atoms with E-state index in [4.69, 9.17) is 0 Å². The van der Waals surface area contributed by atoms with Crippen molar-refractivity contribution in [1.29, 1.82) is 0 Å². The summed E-state index contributed by atoms with van der Waals surface area (Å²) in [5.41, 5.74) is 0. The first kappa shape index (κ1) is 15.0. The quantitative estimate of drug-likeness (QED) is 0.719. The van der Waals surface area contributed by atoms with Gasteiger partial charge in [0.25, 0.3) is 0 Å². The Balaban J connectivity index is 0.000000293. The predicted molar refractivity (Wildman–Crippen MR) is 64.9 cm³/mol. The van der Waals surface area contributed by atoms with Crippen LogP contribution >= 0.6 is 11.8 Å². The van der Waals surface area contributed by atoms with E-state index in [1.165, 1.54) is 18.2 Å². The molecule has 3 nitrogen and oxygen atoms in total. The van der Waals surface area contributed by atoms with E-state index in [2.05, 4.69) is 36.0 Å². The van der Waals surface area contributed by atoms with Crippen LogP contribution < -0.4 is 9.67 Å². The van der Waals surface area contributed by atoms with Crippen LogP contribution in [0, 0.1) is 0 Å². The molecule has 0 aliphatic carbocycles. The second-order valence-electron chi connectivity index (χ2n) is 3.23. The highest BCUT2D eigenvalue weighted by Gasteiger charge is 1.90. The highest BCUT2D eigenvalue weighted by Crippen LogP contribution is 1.92. The molecule has 0 atom stereocenters. The van der Waals surface area contributed by atoms with Crippen molar-refractivity contribution in [3.05, 3.63) is 30.6 Å². The van der Waals surface area contributed by atoms with Crippen LogP contribution in [0.1, 0.15) is 19.8 Å². The number of rotatable bonds is 5. The summed E-state index contributed by atoms with van der Waals surface area (Å²) < 4.78 is 2.18. The molecular weight excluding hydrogens is 222 g/mol. The third kappa shape index (κ3) is 9.52. The highest BCUT2D eigenvalue weighted by atomic mass is 32.2. The Morgan fingerprint density at radius 1 is 1.31 bits per heavy atom. The van der Waals surface area contributed by atoms with Crippen LogP contribution in [0.5, 0.6) is 0 Å². The molecule has 0 bridgehead atoms. The Morgan fingerprint density at radius 3 is 2.31 bits per heavy atom. The molecule has 0 aliphatic rings. The molecule has 0 saturated carbocycles. The molecule has 1 aromatic rings. The van der Waals surface area contributed by atoms with E-state index in [9.17, 15) is 9.90 Å². The van der Waals surface area contributed by atoms with Crippen LogP contribution in [-0.4, -0.2) is 18.0 Å². The zero-order valence-electron chi connectivity index (χ0n) is 9.89. The first-order valence-electron chi connectivity index (χ1n) is 5.33. The fraction of sp³-hybridized carbons (Fsp3) is 0.500. The molecule has 4 heteroatoms. The third-order valence-corrected chi connectivity index (χ3v) is 2.38. The molecule has 1 heterocycles. The summed E-state index contributed by atoms with van der Waals surface area (Å²) in [4.78, 5) is 9.63. The molecule has 0 aromatic carbocycles. The number of hydrogen-bond donors (Lipinski definition) is 0. The van der Waals surface area contributed by atoms with Crippen LogP contribution in [0.25, 0.3) is 0 Å². The first-order chi connectivity index (χ1) is 7.70. The molecular formula is C12H19NO2S. The molecule has 0 N–H and O–H groups in total. The van der Waals surface area contributed by atoms with E-state index in [0.29, 0.717) is 5.75 Å². The van der Waals surface area contributed by atoms with Crippen molar-refractivity contribution in [2.45, 2.75) is 26.3 Å². The Kier molecular flexibility index (Phi) is 9.81. The fourth-order valence-electron chi connectivity index (χ4n) is 1.03. The lowest BCUT2D eigenvalue weighted by molar-refractivity contribution is -0.697. The minimum Gasteiger partial charge on any atom is -0.550 e. The van der Waals surface area contributed by atoms with Crippen molar-refractivity contribution < 1.29 is 14.5 Å². The number of aryl methyl sites for hydroxylation is 1. The minimum atomic E-state index is -0.964. The van der Waals surface area contributed by atoms with Gasteiger partial charge in [-0.2, -0.15) is 11.8 Å². The average molecular weight is 241 g/mol. The van der Waals surface area contributed by atoms with E-state index in [-0.39, 0.29) is 6.42 Å². The Morgan fingerprint density at radius 2 is 1.94 bits per heavy atom. The van der Waals surface area contributed by atoms with Crippen LogP contribution in [0.3, 0.4) is 0 Å². The molecule has 1 aromatic heterocycles. The van der Waals surface area contributed by atoms with Gasteiger partial charge >= 0.3 is 0 Å². The molecule has 0 unspecified atom stereocenters. The van der Waals surface area contributed by atoms with Crippen molar-refractivity contribution in [2.24, 2.45) is 0 Å². The average Bonchev–Trinajstić information content (AvgIpc) is 2.29. The predicted octanol–water partition coefficient (Wildman–Crippen LogP) is 0.873. The number of pyridine rings is 1. The number of carboxylic acids is 1. The van der Waals surface area contributed by atoms with E-state index in [1.54, 1.807) is 0 Å². The molecule has 0 amide bonds. The summed E-state index contributed by atoms with van der Waals surface area (Å²) in [6.45, 7) is 3.31. The third-order valence-electron chi connectivity index (χ3n) is 1.77. The number of thioether (sulfide) groups is 1. The number of nitrogens with zero attached hydrogens (tertiary/aromatic N) is 1. The number of carbonyl (C=O) groups is 1. The van der Waals surface area contributed by atoms with Gasteiger partial charge in [-0.3, -0.25) is 0 Å². The lowest BCUT2D eigenvalue weighted by Crippen LogP contribution is -2.31. The summed E-state index contributed by atoms with van der Waals surface area (Å²) in [5, 5.41) is 9.63. The number of aromatic nitrogens is 1. The maximum absolute atomic E-state index is 9.63. The molecule has 1 rings (SSSR count). The first-order valence-corrected chi connectivity index (χ1v) is 6.73. The van der Waals surface area contributed by atoms with Crippen molar-refractivity contribution in [3.8, 4) is 0 Å². The molecule has 0 aliphatic heterocycles. The molecule has 0 fully saturated rings. The van der Waals surface area contributed by atoms with Gasteiger partial charge in [0, 0.05) is 24.5 Å². The summed E-state index contributed by atoms with van der Waals surface area (Å²) in [5.74, 6) is -0.308. The van der Waals surface area contributed by atoms with Gasteiger partial charge in [0.15, 0.2) is 12.4 Å². The highest BCUT2D eigenvalue weighted by molar-refractivity contribution is 7.98. The number of aliphatic carboxylic acids is 1. The fourth-order valence-corrected chi connectivity index (χ4v) is 1.40. The van der Waals surface area contributed by atoms with Crippen molar-refractivity contribution >= 4 is 17.7 Å². The van der Waals surface area contributed by atoms with E-state index >= 15 is 0 Å². The Bertz CT molecular complexity index is 278. The zero-order valence-corrected chi connectivity index (χ0v) is 10.7. The molecule has 90 valence electrons. The van der Waals surface area contributed by atoms with Crippen LogP contribution in [-0.2, 0) is 11.3 Å². The lowest BCUT2D eigenvalue weighted by Gasteiger charge is -1.95. The standard InChI is InChI=1S/C8H12N.C4H8O2S/c1-2-6-9-7-4-3-5-8-9;1-7-3-2-4(5)6/h3-5,7-8H,2,6H2,1H3;2-3H2,1H3,(H,5,6)/q+1;/p-1. The van der Waals surface area contributed by atoms with Crippen molar-refractivity contribution in [2.75, 3.05) is 12.0 Å². The molecule has 0 radical (unpaired) electrons. The van der Waals surface area contributed by atoms with Gasteiger partial charge in [0.05, 0.1) is 0 Å². The van der Waals surface area contributed by atoms with Gasteiger partial charge in [0.1, 0.15) is 6.54 Å². The SMILES string of the molecule is CCC[n+]1ccccc1.CSCCC(=O)[O-]. The monoisotopic (exact) mass is 241 g/mol. The number of hydrogen-bond acceptors (Lipinski definition) is 3. The van der Waals surface area contributed by atoms with Gasteiger partial charge in [-0.15, -0.1) is 0 Å². The van der Waals surface area contributed by atoms with Gasteiger partial charge in [-0.25, -0.2) is 4.57 Å². The molecule has 0 saturated heterocycles. The summed E-state index contributed by atoms with van der Waals surface area (Å²) >= 11 is 1.51. The molecule has 0 spiro atoms. The van der Waals surface area contributed by atoms with Crippen molar-refractivity contribution in [3.63, 3.8) is 0 Å². The minimum absolute atomic E-state index is 0.168. The van der Waals surface area contributed by atoms with E-state index < -0.39 is 5.97 Å². The van der Waals surface area contributed by atoms with Crippen molar-refractivity contribution in [1.82, 2.24) is 0 Å². The Hall–Kier alpha value is -1.03. The van der Waals surface area contributed by atoms with Crippen LogP contribution in [0.4, 0.5) is 0 Å². The summed E-state index contributed by atoms with van der Waals surface area (Å²) in [6, 6.07) is 6.14. The van der Waals surface area contributed by atoms with Gasteiger partial charge < -0.3 is 9.90 Å². The largest absolute Gasteiger partial charge is 0.550 e. The molecule has 16 heavy (non-hydrogen) atoms. The van der Waals surface area contributed by atoms with Gasteiger partial charge in [-0.1, -0.05) is 13.0 Å². The smallest absolute Gasteiger partial charge is 0.168 e. The maximum atomic E-state index is 9.63. The second kappa shape index (κ2) is 10.5. The summed E-state index contributed by atoms with van der Waals surface area (Å²) in [7, 11) is 0. The van der Waals surface area contributed by atoms with Crippen LogP contribution in [0.15, 0.2) is 30.6 Å². The zero-order chi connectivity index (χ0) is 12.2.